The number of hydrogen-bond donors (Lipinski definition) is 2. The van der Waals surface area contributed by atoms with Gasteiger partial charge in [0.1, 0.15) is 11.4 Å². The van der Waals surface area contributed by atoms with Crippen molar-refractivity contribution < 1.29 is 4.79 Å². The Hall–Kier alpha value is -2.14. The summed E-state index contributed by atoms with van der Waals surface area (Å²) >= 11 is 5.66. The van der Waals surface area contributed by atoms with Gasteiger partial charge in [-0.25, -0.2) is 4.98 Å². The van der Waals surface area contributed by atoms with E-state index in [0.717, 1.165) is 0 Å². The minimum Gasteiger partial charge on any atom is -0.367 e. The van der Waals surface area contributed by atoms with Gasteiger partial charge in [0.2, 0.25) is 0 Å². The van der Waals surface area contributed by atoms with E-state index in [1.54, 1.807) is 12.1 Å². The lowest BCUT2D eigenvalue weighted by Gasteiger charge is -2.03. The number of carbonyl (C=O) groups excluding carboxylic acids is 1. The van der Waals surface area contributed by atoms with E-state index in [9.17, 15) is 9.59 Å². The van der Waals surface area contributed by atoms with E-state index in [1.807, 2.05) is 0 Å². The number of carbonyl (C=O) groups is 1. The van der Waals surface area contributed by atoms with E-state index in [2.05, 4.69) is 15.3 Å². The Bertz CT molecular complexity index is 592. The first-order valence-electron chi connectivity index (χ1n) is 4.77. The number of hydrogen-bond acceptors (Lipinski definition) is 3. The smallest absolute Gasteiger partial charge is 0.262 e. The molecular weight excluding hydrogens is 242 g/mol. The van der Waals surface area contributed by atoms with Gasteiger partial charge in [0, 0.05) is 24.7 Å². The molecule has 0 bridgehead atoms. The average Bonchev–Trinajstić information content (AvgIpc) is 2.32. The summed E-state index contributed by atoms with van der Waals surface area (Å²) in [6.45, 7) is 0. The highest BCUT2D eigenvalue weighted by molar-refractivity contribution is 6.30. The zero-order chi connectivity index (χ0) is 12.3. The second-order valence-corrected chi connectivity index (χ2v) is 3.67. The molecule has 2 rings (SSSR count). The lowest BCUT2D eigenvalue weighted by molar-refractivity contribution is 0.102. The van der Waals surface area contributed by atoms with Gasteiger partial charge in [-0.05, 0) is 12.1 Å². The number of nitrogens with one attached hydrogen (secondary N) is 2. The Balaban J connectivity index is 2.20. The normalized spacial score (nSPS) is 9.94. The Morgan fingerprint density at radius 3 is 2.82 bits per heavy atom. The van der Waals surface area contributed by atoms with Gasteiger partial charge in [-0.3, -0.25) is 9.59 Å². The van der Waals surface area contributed by atoms with Crippen molar-refractivity contribution in [1.29, 1.82) is 0 Å². The number of amides is 1. The topological polar surface area (TPSA) is 74.8 Å². The van der Waals surface area contributed by atoms with Crippen LogP contribution in [0, 0.1) is 0 Å². The molecule has 5 nitrogen and oxygen atoms in total. The Morgan fingerprint density at radius 2 is 2.18 bits per heavy atom. The number of aromatic nitrogens is 2. The SMILES string of the molecule is O=C(Nc1ccc(Cl)cn1)c1c[nH]ccc1=O. The lowest BCUT2D eigenvalue weighted by atomic mass is 10.2. The summed E-state index contributed by atoms with van der Waals surface area (Å²) in [5.74, 6) is -0.177. The van der Waals surface area contributed by atoms with Gasteiger partial charge in [0.05, 0.1) is 5.02 Å². The second-order valence-electron chi connectivity index (χ2n) is 3.24. The van der Waals surface area contributed by atoms with Crippen LogP contribution >= 0.6 is 11.6 Å². The van der Waals surface area contributed by atoms with Gasteiger partial charge in [0.15, 0.2) is 5.43 Å². The zero-order valence-corrected chi connectivity index (χ0v) is 9.36. The molecule has 2 heterocycles. The largest absolute Gasteiger partial charge is 0.367 e. The Morgan fingerprint density at radius 1 is 1.35 bits per heavy atom. The van der Waals surface area contributed by atoms with E-state index < -0.39 is 5.91 Å². The van der Waals surface area contributed by atoms with Crippen LogP contribution in [-0.2, 0) is 0 Å². The number of anilines is 1. The number of nitrogens with zero attached hydrogens (tertiary/aromatic N) is 1. The molecule has 0 saturated heterocycles. The van der Waals surface area contributed by atoms with Crippen molar-refractivity contribution in [3.8, 4) is 0 Å². The molecule has 0 aliphatic carbocycles. The monoisotopic (exact) mass is 249 g/mol. The average molecular weight is 250 g/mol. The van der Waals surface area contributed by atoms with Crippen molar-refractivity contribution >= 4 is 23.3 Å². The lowest BCUT2D eigenvalue weighted by Crippen LogP contribution is -2.21. The summed E-state index contributed by atoms with van der Waals surface area (Å²) in [5, 5.41) is 2.97. The van der Waals surface area contributed by atoms with Crippen molar-refractivity contribution in [3.63, 3.8) is 0 Å². The molecule has 1 amide bonds. The molecule has 0 spiro atoms. The first-order chi connectivity index (χ1) is 8.16. The van der Waals surface area contributed by atoms with Gasteiger partial charge < -0.3 is 10.3 Å². The highest BCUT2D eigenvalue weighted by Gasteiger charge is 2.09. The van der Waals surface area contributed by atoms with E-state index in [4.69, 9.17) is 11.6 Å². The van der Waals surface area contributed by atoms with Crippen molar-refractivity contribution in [1.82, 2.24) is 9.97 Å². The molecule has 0 fully saturated rings. The van der Waals surface area contributed by atoms with Crippen LogP contribution in [0.3, 0.4) is 0 Å². The summed E-state index contributed by atoms with van der Waals surface area (Å²) in [5.41, 5.74) is -0.320. The number of rotatable bonds is 2. The van der Waals surface area contributed by atoms with E-state index in [-0.39, 0.29) is 11.0 Å². The molecule has 86 valence electrons. The summed E-state index contributed by atoms with van der Waals surface area (Å²) in [7, 11) is 0. The summed E-state index contributed by atoms with van der Waals surface area (Å²) in [6.07, 6.45) is 4.21. The zero-order valence-electron chi connectivity index (χ0n) is 8.61. The van der Waals surface area contributed by atoms with Crippen LogP contribution < -0.4 is 10.7 Å². The Kier molecular flexibility index (Phi) is 3.20. The number of halogens is 1. The van der Waals surface area contributed by atoms with Crippen LogP contribution in [0.15, 0.2) is 41.6 Å². The van der Waals surface area contributed by atoms with Crippen LogP contribution in [0.25, 0.3) is 0 Å². The molecule has 2 aromatic heterocycles. The van der Waals surface area contributed by atoms with Gasteiger partial charge in [-0.1, -0.05) is 11.6 Å². The van der Waals surface area contributed by atoms with E-state index >= 15 is 0 Å². The van der Waals surface area contributed by atoms with Gasteiger partial charge in [0.25, 0.3) is 5.91 Å². The van der Waals surface area contributed by atoms with Crippen molar-refractivity contribution in [2.45, 2.75) is 0 Å². The van der Waals surface area contributed by atoms with Crippen LogP contribution in [0.5, 0.6) is 0 Å². The fourth-order valence-corrected chi connectivity index (χ4v) is 1.34. The fourth-order valence-electron chi connectivity index (χ4n) is 1.23. The second kappa shape index (κ2) is 4.80. The molecule has 0 aromatic carbocycles. The van der Waals surface area contributed by atoms with Gasteiger partial charge in [-0.2, -0.15) is 0 Å². The summed E-state index contributed by atoms with van der Waals surface area (Å²) in [6, 6.07) is 4.43. The minimum atomic E-state index is -0.512. The molecule has 2 aromatic rings. The molecular formula is C11H8ClN3O2. The van der Waals surface area contributed by atoms with Crippen LogP contribution in [0.2, 0.25) is 5.02 Å². The van der Waals surface area contributed by atoms with Gasteiger partial charge >= 0.3 is 0 Å². The Labute approximate surface area is 101 Å². The third-order valence-corrected chi connectivity index (χ3v) is 2.26. The fraction of sp³-hybridized carbons (Fsp3) is 0. The highest BCUT2D eigenvalue weighted by Crippen LogP contribution is 2.09. The van der Waals surface area contributed by atoms with Crippen LogP contribution in [-0.4, -0.2) is 15.9 Å². The molecule has 0 atom stereocenters. The van der Waals surface area contributed by atoms with Gasteiger partial charge in [-0.15, -0.1) is 0 Å². The van der Waals surface area contributed by atoms with Crippen LogP contribution in [0.4, 0.5) is 5.82 Å². The molecule has 17 heavy (non-hydrogen) atoms. The maximum absolute atomic E-state index is 11.7. The van der Waals surface area contributed by atoms with E-state index in [0.29, 0.717) is 10.8 Å². The molecule has 0 radical (unpaired) electrons. The first-order valence-corrected chi connectivity index (χ1v) is 5.14. The number of pyridine rings is 2. The van der Waals surface area contributed by atoms with E-state index in [1.165, 1.54) is 24.7 Å². The quantitative estimate of drug-likeness (QED) is 0.850. The maximum Gasteiger partial charge on any atom is 0.262 e. The predicted octanol–water partition coefficient (Wildman–Crippen LogP) is 1.68. The van der Waals surface area contributed by atoms with Crippen LogP contribution in [0.1, 0.15) is 10.4 Å². The standard InChI is InChI=1S/C11H8ClN3O2/c12-7-1-2-10(14-5-7)15-11(17)8-6-13-4-3-9(8)16/h1-6H,(H,13,16)(H,14,15,17). The third-order valence-electron chi connectivity index (χ3n) is 2.04. The molecule has 0 unspecified atom stereocenters. The molecule has 0 aliphatic heterocycles. The minimum absolute atomic E-state index is 0.0317. The number of H-pyrrole nitrogens is 1. The molecule has 6 heteroatoms. The first kappa shape index (κ1) is 11.3. The number of aromatic amines is 1. The molecule has 0 aliphatic rings. The van der Waals surface area contributed by atoms with Crippen molar-refractivity contribution in [2.24, 2.45) is 0 Å². The maximum atomic E-state index is 11.7. The molecule has 0 saturated carbocycles. The third kappa shape index (κ3) is 2.70. The summed E-state index contributed by atoms with van der Waals surface area (Å²) < 4.78 is 0. The predicted molar refractivity (Wildman–Crippen MR) is 64.3 cm³/mol. The summed E-state index contributed by atoms with van der Waals surface area (Å²) in [4.78, 5) is 29.7. The van der Waals surface area contributed by atoms with Crippen molar-refractivity contribution in [3.05, 3.63) is 57.6 Å². The van der Waals surface area contributed by atoms with Crippen molar-refractivity contribution in [2.75, 3.05) is 5.32 Å². The highest BCUT2D eigenvalue weighted by atomic mass is 35.5. The molecule has 2 N–H and O–H groups in total.